The fraction of sp³-hybridized carbons (Fsp3) is 0.300. The first-order valence-corrected chi connectivity index (χ1v) is 4.76. The normalized spacial score (nSPS) is 12.2. The van der Waals surface area contributed by atoms with Gasteiger partial charge < -0.3 is 10.3 Å². The molecular formula is C10H10F3N3. The van der Waals surface area contributed by atoms with Gasteiger partial charge in [-0.2, -0.15) is 13.2 Å². The smallest absolute Gasteiger partial charge is 0.329 e. The van der Waals surface area contributed by atoms with Gasteiger partial charge in [0.1, 0.15) is 0 Å². The SMILES string of the molecule is NCCn1c(C(F)(F)F)nc2ccccc21. The molecule has 2 N–H and O–H groups in total. The molecule has 2 rings (SSSR count). The Kier molecular flexibility index (Phi) is 2.59. The lowest BCUT2D eigenvalue weighted by molar-refractivity contribution is -0.146. The summed E-state index contributed by atoms with van der Waals surface area (Å²) in [5.41, 5.74) is 6.10. The van der Waals surface area contributed by atoms with E-state index in [1.54, 1.807) is 24.3 Å². The fourth-order valence-corrected chi connectivity index (χ4v) is 1.65. The molecule has 0 unspecified atom stereocenters. The van der Waals surface area contributed by atoms with Crippen LogP contribution in [0.25, 0.3) is 11.0 Å². The Labute approximate surface area is 89.7 Å². The predicted molar refractivity (Wildman–Crippen MR) is 53.8 cm³/mol. The Morgan fingerprint density at radius 1 is 1.25 bits per heavy atom. The molecule has 86 valence electrons. The third kappa shape index (κ3) is 1.76. The van der Waals surface area contributed by atoms with Crippen LogP contribution >= 0.6 is 0 Å². The number of imidazole rings is 1. The van der Waals surface area contributed by atoms with Crippen molar-refractivity contribution >= 4 is 11.0 Å². The molecule has 1 aromatic heterocycles. The van der Waals surface area contributed by atoms with Crippen molar-refractivity contribution in [1.29, 1.82) is 0 Å². The maximum absolute atomic E-state index is 12.7. The molecule has 16 heavy (non-hydrogen) atoms. The number of aromatic nitrogens is 2. The molecule has 1 heterocycles. The van der Waals surface area contributed by atoms with E-state index in [2.05, 4.69) is 4.98 Å². The molecule has 0 aliphatic heterocycles. The summed E-state index contributed by atoms with van der Waals surface area (Å²) in [6, 6.07) is 6.49. The Balaban J connectivity index is 2.68. The number of benzene rings is 1. The summed E-state index contributed by atoms with van der Waals surface area (Å²) in [5, 5.41) is 0. The summed E-state index contributed by atoms with van der Waals surface area (Å²) in [6.45, 7) is 0.249. The van der Waals surface area contributed by atoms with Gasteiger partial charge in [-0.05, 0) is 12.1 Å². The number of hydrogen-bond donors (Lipinski definition) is 1. The quantitative estimate of drug-likeness (QED) is 0.856. The highest BCUT2D eigenvalue weighted by molar-refractivity contribution is 5.76. The number of nitrogens with zero attached hydrogens (tertiary/aromatic N) is 2. The number of rotatable bonds is 2. The summed E-state index contributed by atoms with van der Waals surface area (Å²) in [5.74, 6) is -0.890. The molecule has 1 aromatic carbocycles. The van der Waals surface area contributed by atoms with Crippen molar-refractivity contribution in [3.8, 4) is 0 Å². The van der Waals surface area contributed by atoms with Gasteiger partial charge in [-0.15, -0.1) is 0 Å². The number of alkyl halides is 3. The van der Waals surface area contributed by atoms with Crippen LogP contribution in [0.15, 0.2) is 24.3 Å². The van der Waals surface area contributed by atoms with Crippen LogP contribution in [0.2, 0.25) is 0 Å². The molecule has 0 fully saturated rings. The van der Waals surface area contributed by atoms with E-state index in [4.69, 9.17) is 5.73 Å². The number of hydrogen-bond acceptors (Lipinski definition) is 2. The summed E-state index contributed by atoms with van der Waals surface area (Å²) in [4.78, 5) is 3.58. The lowest BCUT2D eigenvalue weighted by Gasteiger charge is -2.09. The Hall–Kier alpha value is -1.56. The Bertz CT molecular complexity index is 501. The van der Waals surface area contributed by atoms with E-state index in [1.165, 1.54) is 0 Å². The van der Waals surface area contributed by atoms with Crippen LogP contribution in [0, 0.1) is 0 Å². The molecular weight excluding hydrogens is 219 g/mol. The largest absolute Gasteiger partial charge is 0.449 e. The van der Waals surface area contributed by atoms with Gasteiger partial charge >= 0.3 is 6.18 Å². The minimum absolute atomic E-state index is 0.107. The molecule has 0 radical (unpaired) electrons. The fourth-order valence-electron chi connectivity index (χ4n) is 1.65. The van der Waals surface area contributed by atoms with E-state index in [1.807, 2.05) is 0 Å². The molecule has 6 heteroatoms. The first kappa shape index (κ1) is 10.9. The van der Waals surface area contributed by atoms with Crippen molar-refractivity contribution in [3.05, 3.63) is 30.1 Å². The second-order valence-electron chi connectivity index (χ2n) is 3.36. The lowest BCUT2D eigenvalue weighted by atomic mass is 10.3. The topological polar surface area (TPSA) is 43.8 Å². The third-order valence-corrected chi connectivity index (χ3v) is 2.26. The molecule has 0 aliphatic rings. The van der Waals surface area contributed by atoms with Crippen LogP contribution in [0.4, 0.5) is 13.2 Å². The molecule has 0 saturated heterocycles. The van der Waals surface area contributed by atoms with Crippen LogP contribution in [0.1, 0.15) is 5.82 Å². The number of para-hydroxylation sites is 2. The van der Waals surface area contributed by atoms with Crippen molar-refractivity contribution in [2.45, 2.75) is 12.7 Å². The van der Waals surface area contributed by atoms with Crippen molar-refractivity contribution in [2.24, 2.45) is 5.73 Å². The number of nitrogens with two attached hydrogens (primary N) is 1. The average Bonchev–Trinajstić information content (AvgIpc) is 2.58. The number of halogens is 3. The van der Waals surface area contributed by atoms with Crippen LogP contribution in [-0.2, 0) is 12.7 Å². The summed E-state index contributed by atoms with van der Waals surface area (Å²) in [7, 11) is 0. The second kappa shape index (κ2) is 3.79. The zero-order valence-corrected chi connectivity index (χ0v) is 8.33. The zero-order chi connectivity index (χ0) is 11.8. The van der Waals surface area contributed by atoms with E-state index >= 15 is 0 Å². The zero-order valence-electron chi connectivity index (χ0n) is 8.33. The van der Waals surface area contributed by atoms with Crippen molar-refractivity contribution in [1.82, 2.24) is 9.55 Å². The van der Waals surface area contributed by atoms with Gasteiger partial charge in [0.2, 0.25) is 5.82 Å². The number of fused-ring (bicyclic) bond motifs is 1. The summed E-state index contributed by atoms with van der Waals surface area (Å²) >= 11 is 0. The van der Waals surface area contributed by atoms with Crippen LogP contribution in [-0.4, -0.2) is 16.1 Å². The highest BCUT2D eigenvalue weighted by atomic mass is 19.4. The third-order valence-electron chi connectivity index (χ3n) is 2.26. The van der Waals surface area contributed by atoms with Gasteiger partial charge in [0.15, 0.2) is 0 Å². The van der Waals surface area contributed by atoms with E-state index < -0.39 is 12.0 Å². The van der Waals surface area contributed by atoms with Crippen LogP contribution in [0.5, 0.6) is 0 Å². The van der Waals surface area contributed by atoms with Crippen molar-refractivity contribution < 1.29 is 13.2 Å². The van der Waals surface area contributed by atoms with Gasteiger partial charge in [-0.1, -0.05) is 12.1 Å². The Morgan fingerprint density at radius 3 is 2.56 bits per heavy atom. The van der Waals surface area contributed by atoms with Crippen LogP contribution in [0.3, 0.4) is 0 Å². The summed E-state index contributed by atoms with van der Waals surface area (Å²) < 4.78 is 39.2. The lowest BCUT2D eigenvalue weighted by Crippen LogP contribution is -2.18. The van der Waals surface area contributed by atoms with E-state index in [0.29, 0.717) is 11.0 Å². The average molecular weight is 229 g/mol. The molecule has 0 amide bonds. The predicted octanol–water partition coefficient (Wildman–Crippen LogP) is 2.01. The maximum atomic E-state index is 12.7. The van der Waals surface area contributed by atoms with Gasteiger partial charge in [0.05, 0.1) is 11.0 Å². The van der Waals surface area contributed by atoms with E-state index in [0.717, 1.165) is 4.57 Å². The van der Waals surface area contributed by atoms with Gasteiger partial charge in [-0.3, -0.25) is 0 Å². The van der Waals surface area contributed by atoms with E-state index in [9.17, 15) is 13.2 Å². The highest BCUT2D eigenvalue weighted by Crippen LogP contribution is 2.31. The minimum atomic E-state index is -4.45. The highest BCUT2D eigenvalue weighted by Gasteiger charge is 2.37. The molecule has 0 bridgehead atoms. The molecule has 0 spiro atoms. The monoisotopic (exact) mass is 229 g/mol. The Morgan fingerprint density at radius 2 is 1.94 bits per heavy atom. The molecule has 3 nitrogen and oxygen atoms in total. The molecule has 2 aromatic rings. The van der Waals surface area contributed by atoms with Gasteiger partial charge in [0.25, 0.3) is 0 Å². The second-order valence-corrected chi connectivity index (χ2v) is 3.36. The van der Waals surface area contributed by atoms with Gasteiger partial charge in [-0.25, -0.2) is 4.98 Å². The van der Waals surface area contributed by atoms with Crippen molar-refractivity contribution in [3.63, 3.8) is 0 Å². The summed E-state index contributed by atoms with van der Waals surface area (Å²) in [6.07, 6.45) is -4.45. The van der Waals surface area contributed by atoms with E-state index in [-0.39, 0.29) is 13.1 Å². The molecule has 0 atom stereocenters. The maximum Gasteiger partial charge on any atom is 0.449 e. The first-order chi connectivity index (χ1) is 7.54. The van der Waals surface area contributed by atoms with Crippen LogP contribution < -0.4 is 5.73 Å². The van der Waals surface area contributed by atoms with Gasteiger partial charge in [0, 0.05) is 13.1 Å². The molecule has 0 aliphatic carbocycles. The van der Waals surface area contributed by atoms with Crippen molar-refractivity contribution in [2.75, 3.05) is 6.54 Å². The molecule has 0 saturated carbocycles. The first-order valence-electron chi connectivity index (χ1n) is 4.76. The standard InChI is InChI=1S/C10H10F3N3/c11-10(12,13)9-15-7-3-1-2-4-8(7)16(9)6-5-14/h1-4H,5-6,14H2. The minimum Gasteiger partial charge on any atom is -0.329 e.